The lowest BCUT2D eigenvalue weighted by Gasteiger charge is -2.22. The number of ether oxygens (including phenoxy) is 2. The van der Waals surface area contributed by atoms with Crippen molar-refractivity contribution in [2.45, 2.75) is 25.2 Å². The molecule has 1 N–H and O–H groups in total. The fourth-order valence-corrected chi connectivity index (χ4v) is 3.13. The van der Waals surface area contributed by atoms with Crippen LogP contribution in [0.5, 0.6) is 0 Å². The highest BCUT2D eigenvalue weighted by atomic mass is 19.2. The van der Waals surface area contributed by atoms with Gasteiger partial charge in [-0.25, -0.2) is 13.8 Å². The van der Waals surface area contributed by atoms with E-state index in [0.29, 0.717) is 42.5 Å². The molecule has 2 aromatic heterocycles. The molecule has 0 saturated carbocycles. The Kier molecular flexibility index (Phi) is 4.48. The van der Waals surface area contributed by atoms with Gasteiger partial charge in [0.2, 0.25) is 0 Å². The molecule has 1 fully saturated rings. The first-order chi connectivity index (χ1) is 12.7. The number of rotatable bonds is 5. The van der Waals surface area contributed by atoms with Crippen LogP contribution in [0, 0.1) is 11.6 Å². The molecule has 26 heavy (non-hydrogen) atoms. The molecule has 0 radical (unpaired) electrons. The summed E-state index contributed by atoms with van der Waals surface area (Å²) < 4.78 is 39.3. The molecule has 0 bridgehead atoms. The number of nitrogens with one attached hydrogen (secondary N) is 1. The van der Waals surface area contributed by atoms with Crippen LogP contribution in [0.3, 0.4) is 0 Å². The highest BCUT2D eigenvalue weighted by Crippen LogP contribution is 2.32. The van der Waals surface area contributed by atoms with Crippen LogP contribution < -0.4 is 5.32 Å². The Hall–Kier alpha value is -2.65. The summed E-state index contributed by atoms with van der Waals surface area (Å²) in [5.74, 6) is -0.631. The molecule has 9 heteroatoms. The van der Waals surface area contributed by atoms with Gasteiger partial charge < -0.3 is 14.8 Å². The van der Waals surface area contributed by atoms with E-state index in [1.807, 2.05) is 6.07 Å². The minimum absolute atomic E-state index is 0.134. The lowest BCUT2D eigenvalue weighted by atomic mass is 10.0. The second-order valence-corrected chi connectivity index (χ2v) is 6.04. The highest BCUT2D eigenvalue weighted by molar-refractivity contribution is 5.46. The van der Waals surface area contributed by atoms with Gasteiger partial charge in [0.25, 0.3) is 5.78 Å². The number of hydrogen-bond donors (Lipinski definition) is 1. The monoisotopic (exact) mass is 361 g/mol. The van der Waals surface area contributed by atoms with E-state index in [4.69, 9.17) is 9.47 Å². The molecule has 0 amide bonds. The molecule has 1 aliphatic rings. The lowest BCUT2D eigenvalue weighted by Crippen LogP contribution is -2.25. The molecule has 136 valence electrons. The summed E-state index contributed by atoms with van der Waals surface area (Å²) in [5, 5.41) is 7.55. The molecule has 7 nitrogen and oxygen atoms in total. The van der Waals surface area contributed by atoms with Gasteiger partial charge in [0.15, 0.2) is 11.6 Å². The quantitative estimate of drug-likeness (QED) is 0.753. The van der Waals surface area contributed by atoms with Gasteiger partial charge in [0.05, 0.1) is 18.3 Å². The predicted molar refractivity (Wildman–Crippen MR) is 88.6 cm³/mol. The summed E-state index contributed by atoms with van der Waals surface area (Å²) in [5.41, 5.74) is 1.29. The molecular weight excluding hydrogens is 344 g/mol. The van der Waals surface area contributed by atoms with E-state index in [0.717, 1.165) is 6.07 Å². The molecule has 1 aliphatic heterocycles. The van der Waals surface area contributed by atoms with Crippen molar-refractivity contribution in [1.29, 1.82) is 0 Å². The molecule has 2 atom stereocenters. The minimum atomic E-state index is -0.887. The molecule has 0 spiro atoms. The number of aromatic nitrogens is 4. The van der Waals surface area contributed by atoms with E-state index in [1.54, 1.807) is 11.6 Å². The normalized spacial score (nSPS) is 20.0. The third-order valence-corrected chi connectivity index (χ3v) is 4.29. The smallest absolute Gasteiger partial charge is 0.254 e. The maximum Gasteiger partial charge on any atom is 0.254 e. The van der Waals surface area contributed by atoms with Gasteiger partial charge in [-0.2, -0.15) is 14.6 Å². The second kappa shape index (κ2) is 6.93. The number of methoxy groups -OCH3 is 1. The zero-order valence-electron chi connectivity index (χ0n) is 14.0. The van der Waals surface area contributed by atoms with Crippen molar-refractivity contribution < 1.29 is 18.3 Å². The van der Waals surface area contributed by atoms with E-state index < -0.39 is 17.7 Å². The number of benzene rings is 1. The fraction of sp³-hybridized carbons (Fsp3) is 0.353. The number of anilines is 1. The van der Waals surface area contributed by atoms with Crippen LogP contribution in [0.2, 0.25) is 0 Å². The standard InChI is InChI=1S/C17H17F2N5O2/c1-25-8-11-7-15(24-17(22-11)20-9-21-24)23-14-4-5-26-16(14)10-2-3-12(18)13(19)6-10/h2-3,6-7,9,14,16,23H,4-5,8H2,1H3. The van der Waals surface area contributed by atoms with Gasteiger partial charge in [0, 0.05) is 19.8 Å². The summed E-state index contributed by atoms with van der Waals surface area (Å²) in [6.07, 6.45) is 1.73. The van der Waals surface area contributed by atoms with Gasteiger partial charge in [-0.1, -0.05) is 6.07 Å². The maximum absolute atomic E-state index is 13.6. The van der Waals surface area contributed by atoms with E-state index >= 15 is 0 Å². The molecule has 1 aromatic carbocycles. The first kappa shape index (κ1) is 16.8. The zero-order valence-corrected chi connectivity index (χ0v) is 14.0. The van der Waals surface area contributed by atoms with E-state index in [9.17, 15) is 8.78 Å². The summed E-state index contributed by atoms with van der Waals surface area (Å²) in [6.45, 7) is 0.851. The molecule has 3 heterocycles. The maximum atomic E-state index is 13.6. The van der Waals surface area contributed by atoms with Gasteiger partial charge in [-0.15, -0.1) is 0 Å². The van der Waals surface area contributed by atoms with Crippen molar-refractivity contribution in [2.24, 2.45) is 0 Å². The third kappa shape index (κ3) is 3.11. The number of hydrogen-bond acceptors (Lipinski definition) is 6. The molecular formula is C17H17F2N5O2. The Morgan fingerprint density at radius 2 is 2.19 bits per heavy atom. The van der Waals surface area contributed by atoms with Crippen molar-refractivity contribution in [1.82, 2.24) is 19.6 Å². The number of fused-ring (bicyclic) bond motifs is 1. The first-order valence-electron chi connectivity index (χ1n) is 8.17. The molecule has 1 saturated heterocycles. The van der Waals surface area contributed by atoms with Crippen molar-refractivity contribution in [2.75, 3.05) is 19.0 Å². The largest absolute Gasteiger partial charge is 0.378 e. The van der Waals surface area contributed by atoms with Crippen molar-refractivity contribution in [3.63, 3.8) is 0 Å². The topological polar surface area (TPSA) is 73.6 Å². The van der Waals surface area contributed by atoms with Crippen LogP contribution in [0.1, 0.15) is 23.8 Å². The Labute approximate surface area is 148 Å². The lowest BCUT2D eigenvalue weighted by molar-refractivity contribution is 0.107. The van der Waals surface area contributed by atoms with Gasteiger partial charge in [-0.3, -0.25) is 0 Å². The first-order valence-corrected chi connectivity index (χ1v) is 8.17. The highest BCUT2D eigenvalue weighted by Gasteiger charge is 2.31. The number of nitrogens with zero attached hydrogens (tertiary/aromatic N) is 4. The molecule has 4 rings (SSSR count). The molecule has 3 aromatic rings. The number of halogens is 2. The van der Waals surface area contributed by atoms with Gasteiger partial charge in [-0.05, 0) is 24.1 Å². The average Bonchev–Trinajstić information content (AvgIpc) is 3.27. The third-order valence-electron chi connectivity index (χ3n) is 4.29. The van der Waals surface area contributed by atoms with E-state index in [-0.39, 0.29) is 6.04 Å². The van der Waals surface area contributed by atoms with Crippen LogP contribution in [0.25, 0.3) is 5.78 Å². The van der Waals surface area contributed by atoms with Gasteiger partial charge in [0.1, 0.15) is 18.2 Å². The molecule has 0 aliphatic carbocycles. The minimum Gasteiger partial charge on any atom is -0.378 e. The van der Waals surface area contributed by atoms with Crippen molar-refractivity contribution >= 4 is 11.6 Å². The fourth-order valence-electron chi connectivity index (χ4n) is 3.13. The van der Waals surface area contributed by atoms with Crippen molar-refractivity contribution in [3.05, 3.63) is 53.5 Å². The van der Waals surface area contributed by atoms with Gasteiger partial charge >= 0.3 is 0 Å². The van der Waals surface area contributed by atoms with E-state index in [1.165, 1.54) is 18.5 Å². The summed E-state index contributed by atoms with van der Waals surface area (Å²) in [7, 11) is 1.59. The van der Waals surface area contributed by atoms with E-state index in [2.05, 4.69) is 20.4 Å². The van der Waals surface area contributed by atoms with Crippen molar-refractivity contribution in [3.8, 4) is 0 Å². The predicted octanol–water partition coefficient (Wildman–Crippen LogP) is 2.49. The average molecular weight is 361 g/mol. The Bertz CT molecular complexity index is 933. The summed E-state index contributed by atoms with van der Waals surface area (Å²) in [6, 6.07) is 5.52. The second-order valence-electron chi connectivity index (χ2n) is 6.04. The molecule has 2 unspecified atom stereocenters. The van der Waals surface area contributed by atoms with Crippen LogP contribution in [-0.2, 0) is 16.1 Å². The Balaban J connectivity index is 1.64. The SMILES string of the molecule is COCc1cc(NC2CCOC2c2ccc(F)c(F)c2)n2ncnc2n1. The van der Waals surface area contributed by atoms with Crippen LogP contribution in [-0.4, -0.2) is 39.3 Å². The van der Waals surface area contributed by atoms with Crippen LogP contribution >= 0.6 is 0 Å². The summed E-state index contributed by atoms with van der Waals surface area (Å²) >= 11 is 0. The Morgan fingerprint density at radius 3 is 3.00 bits per heavy atom. The zero-order chi connectivity index (χ0) is 18.1. The van der Waals surface area contributed by atoms with Crippen LogP contribution in [0.4, 0.5) is 14.6 Å². The van der Waals surface area contributed by atoms with Crippen LogP contribution in [0.15, 0.2) is 30.6 Å². The summed E-state index contributed by atoms with van der Waals surface area (Å²) in [4.78, 5) is 8.48. The Morgan fingerprint density at radius 1 is 1.31 bits per heavy atom.